The van der Waals surface area contributed by atoms with Crippen LogP contribution in [0.3, 0.4) is 0 Å². The van der Waals surface area contributed by atoms with Crippen molar-refractivity contribution in [2.45, 2.75) is 12.8 Å². The molecule has 134 valence electrons. The Balaban J connectivity index is 1.94. The van der Waals surface area contributed by atoms with E-state index in [9.17, 15) is 5.26 Å². The molecule has 0 aliphatic carbocycles. The molecule has 0 amide bonds. The highest BCUT2D eigenvalue weighted by Crippen LogP contribution is 2.46. The highest BCUT2D eigenvalue weighted by Gasteiger charge is 2.35. The number of nitrogens with zero attached hydrogens (tertiary/aromatic N) is 2. The third-order valence-corrected chi connectivity index (χ3v) is 5.30. The molecule has 0 saturated carbocycles. The summed E-state index contributed by atoms with van der Waals surface area (Å²) in [5, 5.41) is 17.8. The van der Waals surface area contributed by atoms with E-state index in [4.69, 9.17) is 33.7 Å². The molecular weight excluding hydrogens is 383 g/mol. The van der Waals surface area contributed by atoms with E-state index >= 15 is 0 Å². The topological polar surface area (TPSA) is 87.7 Å². The summed E-state index contributed by atoms with van der Waals surface area (Å²) in [4.78, 5) is 0. The minimum Gasteiger partial charge on any atom is -0.420 e. The molecule has 0 bridgehead atoms. The normalized spacial score (nSPS) is 15.9. The summed E-state index contributed by atoms with van der Waals surface area (Å²) in [6.07, 6.45) is 0. The summed E-state index contributed by atoms with van der Waals surface area (Å²) in [5.41, 5.74) is 10.6. The number of nitriles is 1. The number of aromatic amines is 1. The molecule has 1 aromatic heterocycles. The van der Waals surface area contributed by atoms with Gasteiger partial charge in [-0.25, -0.2) is 0 Å². The van der Waals surface area contributed by atoms with Crippen molar-refractivity contribution in [2.24, 2.45) is 5.73 Å². The molecule has 2 aromatic carbocycles. The van der Waals surface area contributed by atoms with E-state index in [-0.39, 0.29) is 5.88 Å². The molecule has 5 nitrogen and oxygen atoms in total. The summed E-state index contributed by atoms with van der Waals surface area (Å²) in [7, 11) is 0. The van der Waals surface area contributed by atoms with Gasteiger partial charge in [0.05, 0.1) is 27.2 Å². The summed E-state index contributed by atoms with van der Waals surface area (Å²) >= 11 is 12.2. The van der Waals surface area contributed by atoms with E-state index in [1.807, 2.05) is 37.3 Å². The van der Waals surface area contributed by atoms with Crippen LogP contribution in [-0.4, -0.2) is 10.2 Å². The average Bonchev–Trinajstić information content (AvgIpc) is 3.07. The molecule has 3 N–H and O–H groups in total. The Morgan fingerprint density at radius 2 is 1.89 bits per heavy atom. The molecule has 0 saturated heterocycles. The molecule has 0 radical (unpaired) electrons. The molecule has 1 aliphatic rings. The second-order valence-corrected chi connectivity index (χ2v) is 7.10. The van der Waals surface area contributed by atoms with Gasteiger partial charge >= 0.3 is 0 Å². The van der Waals surface area contributed by atoms with Crippen LogP contribution >= 0.6 is 23.2 Å². The molecular formula is C20H14Cl2N4O. The lowest BCUT2D eigenvalue weighted by molar-refractivity contribution is 0.379. The number of nitrogens with one attached hydrogen (secondary N) is 1. The van der Waals surface area contributed by atoms with Gasteiger partial charge in [0, 0.05) is 5.56 Å². The Labute approximate surface area is 166 Å². The Kier molecular flexibility index (Phi) is 4.31. The molecule has 1 atom stereocenters. The first kappa shape index (κ1) is 17.5. The maximum absolute atomic E-state index is 9.72. The van der Waals surface area contributed by atoms with Crippen LogP contribution in [0.1, 0.15) is 22.6 Å². The van der Waals surface area contributed by atoms with Crippen molar-refractivity contribution < 1.29 is 4.74 Å². The zero-order valence-electron chi connectivity index (χ0n) is 14.3. The van der Waals surface area contributed by atoms with Crippen LogP contribution < -0.4 is 10.5 Å². The number of fused-ring (bicyclic) bond motifs is 1. The van der Waals surface area contributed by atoms with E-state index in [0.29, 0.717) is 27.2 Å². The molecule has 0 spiro atoms. The zero-order valence-corrected chi connectivity index (χ0v) is 15.8. The van der Waals surface area contributed by atoms with E-state index in [1.54, 1.807) is 12.1 Å². The first-order valence-electron chi connectivity index (χ1n) is 8.17. The summed E-state index contributed by atoms with van der Waals surface area (Å²) in [6, 6.07) is 15.4. The minimum atomic E-state index is -0.400. The third kappa shape index (κ3) is 2.93. The van der Waals surface area contributed by atoms with Crippen molar-refractivity contribution in [1.29, 1.82) is 5.26 Å². The van der Waals surface area contributed by atoms with Crippen LogP contribution in [0.4, 0.5) is 0 Å². The van der Waals surface area contributed by atoms with Gasteiger partial charge in [0.1, 0.15) is 11.6 Å². The predicted molar refractivity (Wildman–Crippen MR) is 105 cm³/mol. The second kappa shape index (κ2) is 6.66. The van der Waals surface area contributed by atoms with Gasteiger partial charge in [0.15, 0.2) is 0 Å². The molecule has 7 heteroatoms. The van der Waals surface area contributed by atoms with Crippen molar-refractivity contribution in [3.8, 4) is 23.2 Å². The van der Waals surface area contributed by atoms with Crippen LogP contribution in [0.2, 0.25) is 10.0 Å². The van der Waals surface area contributed by atoms with E-state index in [2.05, 4.69) is 16.3 Å². The SMILES string of the molecule is Cc1ccc([C@@H]2C(C#N)=C(N)Oc3n[nH]c(-c4ccc(Cl)c(Cl)c4)c32)cc1. The molecule has 0 unspecified atom stereocenters. The lowest BCUT2D eigenvalue weighted by Crippen LogP contribution is -2.21. The smallest absolute Gasteiger partial charge is 0.244 e. The van der Waals surface area contributed by atoms with Gasteiger partial charge < -0.3 is 10.5 Å². The molecule has 1 aliphatic heterocycles. The number of nitrogens with two attached hydrogens (primary N) is 1. The van der Waals surface area contributed by atoms with Crippen LogP contribution in [0.5, 0.6) is 5.88 Å². The standard InChI is InChI=1S/C20H14Cl2N4O/c1-10-2-4-11(5-3-10)16-13(9-23)19(24)27-20-17(16)18(25-26-20)12-6-7-14(21)15(22)8-12/h2-8,16H,24H2,1H3,(H,25,26)/t16-/m1/s1. The number of hydrogen-bond acceptors (Lipinski definition) is 4. The number of allylic oxidation sites excluding steroid dienone is 1. The number of aryl methyl sites for hydroxylation is 1. The first-order chi connectivity index (χ1) is 13.0. The van der Waals surface area contributed by atoms with Gasteiger partial charge in [-0.15, -0.1) is 5.10 Å². The second-order valence-electron chi connectivity index (χ2n) is 6.28. The van der Waals surface area contributed by atoms with Gasteiger partial charge in [-0.3, -0.25) is 5.10 Å². The fraction of sp³-hybridized carbons (Fsp3) is 0.100. The fourth-order valence-electron chi connectivity index (χ4n) is 3.21. The predicted octanol–water partition coefficient (Wildman–Crippen LogP) is 4.91. The van der Waals surface area contributed by atoms with E-state index in [0.717, 1.165) is 22.3 Å². The average molecular weight is 397 g/mol. The first-order valence-corrected chi connectivity index (χ1v) is 8.93. The van der Waals surface area contributed by atoms with Gasteiger partial charge in [-0.2, -0.15) is 5.26 Å². The Morgan fingerprint density at radius 3 is 2.56 bits per heavy atom. The van der Waals surface area contributed by atoms with Gasteiger partial charge in [0.2, 0.25) is 11.8 Å². The number of aromatic nitrogens is 2. The highest BCUT2D eigenvalue weighted by molar-refractivity contribution is 6.42. The van der Waals surface area contributed by atoms with Crippen molar-refractivity contribution in [3.05, 3.63) is 80.7 Å². The highest BCUT2D eigenvalue weighted by atomic mass is 35.5. The van der Waals surface area contributed by atoms with Crippen LogP contribution in [-0.2, 0) is 0 Å². The number of rotatable bonds is 2. The Morgan fingerprint density at radius 1 is 1.15 bits per heavy atom. The van der Waals surface area contributed by atoms with Gasteiger partial charge in [-0.05, 0) is 24.6 Å². The lowest BCUT2D eigenvalue weighted by Gasteiger charge is -2.24. The Bertz CT molecular complexity index is 1110. The van der Waals surface area contributed by atoms with Gasteiger partial charge in [-0.1, -0.05) is 59.1 Å². The fourth-order valence-corrected chi connectivity index (χ4v) is 3.51. The van der Waals surface area contributed by atoms with Crippen molar-refractivity contribution in [1.82, 2.24) is 10.2 Å². The van der Waals surface area contributed by atoms with Crippen molar-refractivity contribution in [3.63, 3.8) is 0 Å². The molecule has 2 heterocycles. The Hall–Kier alpha value is -2.94. The maximum atomic E-state index is 9.72. The van der Waals surface area contributed by atoms with E-state index in [1.165, 1.54) is 0 Å². The van der Waals surface area contributed by atoms with Crippen LogP contribution in [0, 0.1) is 18.3 Å². The number of halogens is 2. The summed E-state index contributed by atoms with van der Waals surface area (Å²) in [6.45, 7) is 2.01. The maximum Gasteiger partial charge on any atom is 0.244 e. The number of hydrogen-bond donors (Lipinski definition) is 2. The van der Waals surface area contributed by atoms with Crippen LogP contribution in [0.25, 0.3) is 11.3 Å². The van der Waals surface area contributed by atoms with Crippen LogP contribution in [0.15, 0.2) is 53.9 Å². The molecule has 0 fully saturated rings. The van der Waals surface area contributed by atoms with Crippen molar-refractivity contribution in [2.75, 3.05) is 0 Å². The monoisotopic (exact) mass is 396 g/mol. The third-order valence-electron chi connectivity index (χ3n) is 4.56. The lowest BCUT2D eigenvalue weighted by atomic mass is 9.83. The summed E-state index contributed by atoms with van der Waals surface area (Å²) in [5.74, 6) is 0.00321. The largest absolute Gasteiger partial charge is 0.420 e. The van der Waals surface area contributed by atoms with Crippen molar-refractivity contribution >= 4 is 23.2 Å². The zero-order chi connectivity index (χ0) is 19.1. The quantitative estimate of drug-likeness (QED) is 0.643. The molecule has 3 aromatic rings. The van der Waals surface area contributed by atoms with E-state index < -0.39 is 5.92 Å². The molecule has 4 rings (SSSR count). The number of H-pyrrole nitrogens is 1. The van der Waals surface area contributed by atoms with Gasteiger partial charge in [0.25, 0.3) is 0 Å². The number of benzene rings is 2. The number of ether oxygens (including phenoxy) is 1. The molecule has 27 heavy (non-hydrogen) atoms. The summed E-state index contributed by atoms with van der Waals surface area (Å²) < 4.78 is 5.60. The minimum absolute atomic E-state index is 0.0581.